The van der Waals surface area contributed by atoms with Crippen LogP contribution in [0.3, 0.4) is 0 Å². The lowest BCUT2D eigenvalue weighted by Gasteiger charge is -2.19. The summed E-state index contributed by atoms with van der Waals surface area (Å²) in [6.07, 6.45) is 0.920. The minimum absolute atomic E-state index is 0.108. The van der Waals surface area contributed by atoms with Crippen LogP contribution in [0.1, 0.15) is 17.0 Å². The summed E-state index contributed by atoms with van der Waals surface area (Å²) in [5, 5.41) is 13.4. The molecule has 0 saturated heterocycles. The van der Waals surface area contributed by atoms with Gasteiger partial charge in [0.1, 0.15) is 0 Å². The van der Waals surface area contributed by atoms with Crippen LogP contribution in [0.2, 0.25) is 0 Å². The van der Waals surface area contributed by atoms with E-state index in [4.69, 9.17) is 4.52 Å². The Morgan fingerprint density at radius 2 is 1.76 bits per heavy atom. The van der Waals surface area contributed by atoms with Gasteiger partial charge >= 0.3 is 0 Å². The van der Waals surface area contributed by atoms with Gasteiger partial charge in [0.25, 0.3) is 5.89 Å². The van der Waals surface area contributed by atoms with Crippen molar-refractivity contribution in [1.82, 2.24) is 15.0 Å². The topological polar surface area (TPSA) is 62.4 Å². The van der Waals surface area contributed by atoms with Gasteiger partial charge in [0, 0.05) is 18.7 Å². The molecule has 5 heteroatoms. The van der Waals surface area contributed by atoms with Crippen molar-refractivity contribution in [3.8, 4) is 11.5 Å². The maximum atomic E-state index is 9.33. The molecule has 0 amide bonds. The number of rotatable bonds is 8. The van der Waals surface area contributed by atoms with Crippen molar-refractivity contribution < 1.29 is 9.63 Å². The van der Waals surface area contributed by atoms with Crippen molar-refractivity contribution in [1.29, 1.82) is 0 Å². The maximum absolute atomic E-state index is 9.33. The van der Waals surface area contributed by atoms with E-state index in [1.54, 1.807) is 0 Å². The van der Waals surface area contributed by atoms with Crippen molar-refractivity contribution in [3.63, 3.8) is 0 Å². The lowest BCUT2D eigenvalue weighted by molar-refractivity contribution is 0.187. The standard InChI is InChI=1S/C20H23N3O2/c1-16-7-5-6-10-18(16)20-21-19(22-25-20)15-23(13-14-24)12-11-17-8-3-2-4-9-17/h2-10,24H,11-15H2,1H3. The van der Waals surface area contributed by atoms with E-state index < -0.39 is 0 Å². The van der Waals surface area contributed by atoms with E-state index in [1.165, 1.54) is 5.56 Å². The van der Waals surface area contributed by atoms with Crippen LogP contribution in [-0.4, -0.2) is 39.8 Å². The molecular weight excluding hydrogens is 314 g/mol. The van der Waals surface area contributed by atoms with Gasteiger partial charge in [0.05, 0.1) is 13.2 Å². The highest BCUT2D eigenvalue weighted by Gasteiger charge is 2.14. The summed E-state index contributed by atoms with van der Waals surface area (Å²) >= 11 is 0. The lowest BCUT2D eigenvalue weighted by atomic mass is 10.1. The SMILES string of the molecule is Cc1ccccc1-c1nc(CN(CCO)CCc2ccccc2)no1. The third-order valence-corrected chi connectivity index (χ3v) is 4.18. The summed E-state index contributed by atoms with van der Waals surface area (Å²) in [6, 6.07) is 18.3. The fourth-order valence-electron chi connectivity index (χ4n) is 2.78. The van der Waals surface area contributed by atoms with Crippen molar-refractivity contribution in [2.45, 2.75) is 19.9 Å². The first-order chi connectivity index (χ1) is 12.3. The van der Waals surface area contributed by atoms with E-state index in [0.717, 1.165) is 24.1 Å². The molecule has 3 aromatic rings. The number of hydrogen-bond donors (Lipinski definition) is 1. The van der Waals surface area contributed by atoms with E-state index in [-0.39, 0.29) is 6.61 Å². The molecule has 1 aromatic heterocycles. The first kappa shape index (κ1) is 17.3. The third-order valence-electron chi connectivity index (χ3n) is 4.18. The van der Waals surface area contributed by atoms with Crippen molar-refractivity contribution in [3.05, 3.63) is 71.5 Å². The van der Waals surface area contributed by atoms with Crippen LogP contribution in [0.5, 0.6) is 0 Å². The summed E-state index contributed by atoms with van der Waals surface area (Å²) in [7, 11) is 0. The summed E-state index contributed by atoms with van der Waals surface area (Å²) in [4.78, 5) is 6.66. The minimum atomic E-state index is 0.108. The van der Waals surface area contributed by atoms with E-state index >= 15 is 0 Å². The molecule has 130 valence electrons. The van der Waals surface area contributed by atoms with Gasteiger partial charge < -0.3 is 9.63 Å². The molecule has 25 heavy (non-hydrogen) atoms. The second kappa shape index (κ2) is 8.55. The van der Waals surface area contributed by atoms with Gasteiger partial charge in [-0.3, -0.25) is 4.90 Å². The van der Waals surface area contributed by atoms with Crippen LogP contribution in [-0.2, 0) is 13.0 Å². The second-order valence-electron chi connectivity index (χ2n) is 6.07. The van der Waals surface area contributed by atoms with E-state index in [2.05, 4.69) is 27.2 Å². The molecule has 0 unspecified atom stereocenters. The quantitative estimate of drug-likeness (QED) is 0.684. The zero-order valence-corrected chi connectivity index (χ0v) is 14.4. The highest BCUT2D eigenvalue weighted by molar-refractivity contribution is 5.57. The van der Waals surface area contributed by atoms with Crippen LogP contribution >= 0.6 is 0 Å². The number of aliphatic hydroxyl groups is 1. The Bertz CT molecular complexity index is 786. The molecule has 0 atom stereocenters. The Morgan fingerprint density at radius 3 is 2.52 bits per heavy atom. The number of aromatic nitrogens is 2. The zero-order valence-electron chi connectivity index (χ0n) is 14.4. The van der Waals surface area contributed by atoms with Gasteiger partial charge in [-0.25, -0.2) is 0 Å². The molecular formula is C20H23N3O2. The predicted octanol–water partition coefficient (Wildman–Crippen LogP) is 3.08. The maximum Gasteiger partial charge on any atom is 0.258 e. The van der Waals surface area contributed by atoms with Crippen LogP contribution in [0, 0.1) is 6.92 Å². The molecule has 0 aliphatic heterocycles. The Hall–Kier alpha value is -2.50. The van der Waals surface area contributed by atoms with Gasteiger partial charge in [-0.2, -0.15) is 4.98 Å². The van der Waals surface area contributed by atoms with E-state index in [1.807, 2.05) is 49.4 Å². The van der Waals surface area contributed by atoms with Crippen LogP contribution < -0.4 is 0 Å². The number of aliphatic hydroxyl groups excluding tert-OH is 1. The number of benzene rings is 2. The summed E-state index contributed by atoms with van der Waals surface area (Å²) < 4.78 is 5.42. The average Bonchev–Trinajstić information content (AvgIpc) is 3.09. The minimum Gasteiger partial charge on any atom is -0.395 e. The fourth-order valence-corrected chi connectivity index (χ4v) is 2.78. The van der Waals surface area contributed by atoms with Crippen LogP contribution in [0.25, 0.3) is 11.5 Å². The molecule has 0 bridgehead atoms. The van der Waals surface area contributed by atoms with Crippen molar-refractivity contribution in [2.75, 3.05) is 19.7 Å². The largest absolute Gasteiger partial charge is 0.395 e. The van der Waals surface area contributed by atoms with E-state index in [0.29, 0.717) is 24.8 Å². The Labute approximate surface area is 147 Å². The molecule has 3 rings (SSSR count). The number of hydrogen-bond acceptors (Lipinski definition) is 5. The molecule has 0 fully saturated rings. The first-order valence-electron chi connectivity index (χ1n) is 8.52. The summed E-state index contributed by atoms with van der Waals surface area (Å²) in [5.74, 6) is 1.18. The molecule has 1 heterocycles. The van der Waals surface area contributed by atoms with Gasteiger partial charge in [-0.15, -0.1) is 0 Å². The van der Waals surface area contributed by atoms with Gasteiger partial charge in [0.2, 0.25) is 0 Å². The fraction of sp³-hybridized carbons (Fsp3) is 0.300. The highest BCUT2D eigenvalue weighted by Crippen LogP contribution is 2.21. The van der Waals surface area contributed by atoms with E-state index in [9.17, 15) is 5.11 Å². The monoisotopic (exact) mass is 337 g/mol. The van der Waals surface area contributed by atoms with Gasteiger partial charge in [-0.05, 0) is 30.5 Å². The average molecular weight is 337 g/mol. The molecule has 0 saturated carbocycles. The number of nitrogens with zero attached hydrogens (tertiary/aromatic N) is 3. The summed E-state index contributed by atoms with van der Waals surface area (Å²) in [5.41, 5.74) is 3.34. The molecule has 0 aliphatic rings. The molecule has 0 aliphatic carbocycles. The second-order valence-corrected chi connectivity index (χ2v) is 6.07. The van der Waals surface area contributed by atoms with Crippen LogP contribution in [0.4, 0.5) is 0 Å². The molecule has 2 aromatic carbocycles. The third kappa shape index (κ3) is 4.75. The van der Waals surface area contributed by atoms with Crippen molar-refractivity contribution >= 4 is 0 Å². The normalized spacial score (nSPS) is 11.2. The van der Waals surface area contributed by atoms with Gasteiger partial charge in [-0.1, -0.05) is 53.7 Å². The Kier molecular flexibility index (Phi) is 5.93. The first-order valence-corrected chi connectivity index (χ1v) is 8.52. The highest BCUT2D eigenvalue weighted by atomic mass is 16.5. The molecule has 5 nitrogen and oxygen atoms in total. The van der Waals surface area contributed by atoms with Crippen molar-refractivity contribution in [2.24, 2.45) is 0 Å². The Morgan fingerprint density at radius 1 is 1.00 bits per heavy atom. The summed E-state index contributed by atoms with van der Waals surface area (Å²) in [6.45, 7) is 4.11. The molecule has 0 spiro atoms. The smallest absolute Gasteiger partial charge is 0.258 e. The molecule has 0 radical (unpaired) electrons. The lowest BCUT2D eigenvalue weighted by Crippen LogP contribution is -2.29. The Balaban J connectivity index is 1.65. The van der Waals surface area contributed by atoms with Crippen LogP contribution in [0.15, 0.2) is 59.1 Å². The molecule has 1 N–H and O–H groups in total. The zero-order chi connectivity index (χ0) is 17.5. The van der Waals surface area contributed by atoms with Gasteiger partial charge in [0.15, 0.2) is 5.82 Å². The number of aryl methyl sites for hydroxylation is 1. The predicted molar refractivity (Wildman–Crippen MR) is 97.0 cm³/mol.